The monoisotopic (exact) mass is 288 g/mol. The lowest BCUT2D eigenvalue weighted by Gasteiger charge is -2.28. The highest BCUT2D eigenvalue weighted by atomic mass is 16.5. The Morgan fingerprint density at radius 2 is 2.00 bits per heavy atom. The van der Waals surface area contributed by atoms with Gasteiger partial charge in [-0.3, -0.25) is 4.90 Å². The zero-order valence-corrected chi connectivity index (χ0v) is 13.7. The maximum atomic E-state index is 5.85. The maximum Gasteiger partial charge on any atom is 0.120 e. The summed E-state index contributed by atoms with van der Waals surface area (Å²) in [6.07, 6.45) is 0. The number of benzene rings is 1. The zero-order chi connectivity index (χ0) is 15.7. The molecule has 0 amide bonds. The molecule has 0 unspecified atom stereocenters. The molecule has 0 aliphatic rings. The predicted octanol–water partition coefficient (Wildman–Crippen LogP) is 2.74. The van der Waals surface area contributed by atoms with Crippen LogP contribution in [0.1, 0.15) is 33.3 Å². The molecular formula is C18H28N2O. The van der Waals surface area contributed by atoms with Crippen LogP contribution in [0.25, 0.3) is 0 Å². The van der Waals surface area contributed by atoms with Crippen LogP contribution in [0.4, 0.5) is 0 Å². The molecule has 116 valence electrons. The van der Waals surface area contributed by atoms with Crippen LogP contribution in [0.3, 0.4) is 0 Å². The highest BCUT2D eigenvalue weighted by Gasteiger charge is 2.11. The lowest BCUT2D eigenvalue weighted by Crippen LogP contribution is -2.37. The van der Waals surface area contributed by atoms with Crippen molar-refractivity contribution in [2.24, 2.45) is 11.7 Å². The SMILES string of the molecule is CC(C)CN(CCOc1cccc(C#CCN)c1)C(C)C. The second-order valence-corrected chi connectivity index (χ2v) is 5.86. The number of rotatable bonds is 7. The third-order valence-electron chi connectivity index (χ3n) is 3.15. The van der Waals surface area contributed by atoms with Crippen LogP contribution in [0, 0.1) is 17.8 Å². The molecule has 0 aromatic heterocycles. The van der Waals surface area contributed by atoms with Gasteiger partial charge in [0.05, 0.1) is 6.54 Å². The van der Waals surface area contributed by atoms with Gasteiger partial charge in [0.25, 0.3) is 0 Å². The molecule has 0 atom stereocenters. The minimum absolute atomic E-state index is 0.379. The summed E-state index contributed by atoms with van der Waals surface area (Å²) in [6.45, 7) is 12.1. The first-order valence-electron chi connectivity index (χ1n) is 7.68. The van der Waals surface area contributed by atoms with Gasteiger partial charge >= 0.3 is 0 Å². The Balaban J connectivity index is 2.50. The van der Waals surface area contributed by atoms with Gasteiger partial charge < -0.3 is 10.5 Å². The van der Waals surface area contributed by atoms with Gasteiger partial charge in [-0.2, -0.15) is 0 Å². The van der Waals surface area contributed by atoms with E-state index in [1.807, 2.05) is 24.3 Å². The Bertz CT molecular complexity index is 472. The van der Waals surface area contributed by atoms with Gasteiger partial charge in [0.1, 0.15) is 12.4 Å². The molecule has 0 saturated carbocycles. The zero-order valence-electron chi connectivity index (χ0n) is 13.7. The maximum absolute atomic E-state index is 5.85. The summed E-state index contributed by atoms with van der Waals surface area (Å²) in [5.41, 5.74) is 6.33. The van der Waals surface area contributed by atoms with E-state index in [4.69, 9.17) is 10.5 Å². The van der Waals surface area contributed by atoms with Crippen LogP contribution in [0.2, 0.25) is 0 Å². The lowest BCUT2D eigenvalue weighted by molar-refractivity contribution is 0.160. The highest BCUT2D eigenvalue weighted by molar-refractivity contribution is 5.39. The summed E-state index contributed by atoms with van der Waals surface area (Å²) in [6, 6.07) is 8.40. The first-order chi connectivity index (χ1) is 10.0. The quantitative estimate of drug-likeness (QED) is 0.784. The minimum atomic E-state index is 0.379. The van der Waals surface area contributed by atoms with Crippen molar-refractivity contribution in [3.63, 3.8) is 0 Å². The fraction of sp³-hybridized carbons (Fsp3) is 0.556. The third kappa shape index (κ3) is 7.17. The Morgan fingerprint density at radius 3 is 2.62 bits per heavy atom. The smallest absolute Gasteiger partial charge is 0.120 e. The fourth-order valence-corrected chi connectivity index (χ4v) is 2.13. The Hall–Kier alpha value is -1.50. The first-order valence-corrected chi connectivity index (χ1v) is 7.68. The van der Waals surface area contributed by atoms with Crippen LogP contribution in [0.15, 0.2) is 24.3 Å². The first kappa shape index (κ1) is 17.6. The highest BCUT2D eigenvalue weighted by Crippen LogP contribution is 2.13. The molecule has 0 aliphatic heterocycles. The topological polar surface area (TPSA) is 38.5 Å². The van der Waals surface area contributed by atoms with Gasteiger partial charge in [-0.25, -0.2) is 0 Å². The summed E-state index contributed by atoms with van der Waals surface area (Å²) in [5, 5.41) is 0. The lowest BCUT2D eigenvalue weighted by atomic mass is 10.2. The molecule has 0 radical (unpaired) electrons. The van der Waals surface area contributed by atoms with E-state index in [0.717, 1.165) is 24.4 Å². The third-order valence-corrected chi connectivity index (χ3v) is 3.15. The number of nitrogens with zero attached hydrogens (tertiary/aromatic N) is 1. The average Bonchev–Trinajstić information content (AvgIpc) is 2.44. The minimum Gasteiger partial charge on any atom is -0.492 e. The fourth-order valence-electron chi connectivity index (χ4n) is 2.13. The van der Waals surface area contributed by atoms with Crippen molar-refractivity contribution in [2.45, 2.75) is 33.7 Å². The molecule has 21 heavy (non-hydrogen) atoms. The van der Waals surface area contributed by atoms with Crippen molar-refractivity contribution in [1.82, 2.24) is 4.90 Å². The van der Waals surface area contributed by atoms with Crippen molar-refractivity contribution in [3.8, 4) is 17.6 Å². The van der Waals surface area contributed by atoms with E-state index < -0.39 is 0 Å². The van der Waals surface area contributed by atoms with E-state index in [2.05, 4.69) is 44.4 Å². The van der Waals surface area contributed by atoms with E-state index in [-0.39, 0.29) is 0 Å². The predicted molar refractivity (Wildman–Crippen MR) is 89.4 cm³/mol. The van der Waals surface area contributed by atoms with Gasteiger partial charge in [0.15, 0.2) is 0 Å². The summed E-state index contributed by atoms with van der Waals surface area (Å²) in [4.78, 5) is 2.45. The molecule has 1 rings (SSSR count). The van der Waals surface area contributed by atoms with E-state index in [0.29, 0.717) is 25.1 Å². The van der Waals surface area contributed by atoms with Crippen molar-refractivity contribution < 1.29 is 4.74 Å². The molecule has 0 spiro atoms. The van der Waals surface area contributed by atoms with Crippen LogP contribution in [0.5, 0.6) is 5.75 Å². The second kappa shape index (κ2) is 9.44. The van der Waals surface area contributed by atoms with Gasteiger partial charge in [0, 0.05) is 24.7 Å². The average molecular weight is 288 g/mol. The summed E-state index contributed by atoms with van der Waals surface area (Å²) in [5.74, 6) is 7.42. The van der Waals surface area contributed by atoms with Crippen LogP contribution >= 0.6 is 0 Å². The van der Waals surface area contributed by atoms with Crippen LogP contribution in [-0.4, -0.2) is 37.2 Å². The van der Waals surface area contributed by atoms with Crippen LogP contribution < -0.4 is 10.5 Å². The van der Waals surface area contributed by atoms with Gasteiger partial charge in [-0.05, 0) is 38.0 Å². The second-order valence-electron chi connectivity index (χ2n) is 5.86. The van der Waals surface area contributed by atoms with E-state index in [9.17, 15) is 0 Å². The van der Waals surface area contributed by atoms with Crippen molar-refractivity contribution >= 4 is 0 Å². The van der Waals surface area contributed by atoms with E-state index in [1.54, 1.807) is 0 Å². The Morgan fingerprint density at radius 1 is 1.24 bits per heavy atom. The molecule has 1 aromatic carbocycles. The summed E-state index contributed by atoms with van der Waals surface area (Å²) >= 11 is 0. The molecule has 0 fully saturated rings. The van der Waals surface area contributed by atoms with Crippen molar-refractivity contribution in [1.29, 1.82) is 0 Å². The van der Waals surface area contributed by atoms with E-state index >= 15 is 0 Å². The summed E-state index contributed by atoms with van der Waals surface area (Å²) in [7, 11) is 0. The van der Waals surface area contributed by atoms with Crippen LogP contribution in [-0.2, 0) is 0 Å². The molecule has 0 aliphatic carbocycles. The van der Waals surface area contributed by atoms with Crippen molar-refractivity contribution in [2.75, 3.05) is 26.2 Å². The molecule has 0 bridgehead atoms. The number of hydrogen-bond acceptors (Lipinski definition) is 3. The summed E-state index contributed by atoms with van der Waals surface area (Å²) < 4.78 is 5.85. The largest absolute Gasteiger partial charge is 0.492 e. The van der Waals surface area contributed by atoms with E-state index in [1.165, 1.54) is 0 Å². The molecule has 3 heteroatoms. The van der Waals surface area contributed by atoms with Gasteiger partial charge in [-0.15, -0.1) is 0 Å². The Labute approximate surface area is 129 Å². The molecular weight excluding hydrogens is 260 g/mol. The van der Waals surface area contributed by atoms with Gasteiger partial charge in [-0.1, -0.05) is 31.8 Å². The van der Waals surface area contributed by atoms with Gasteiger partial charge in [0.2, 0.25) is 0 Å². The molecule has 3 nitrogen and oxygen atoms in total. The molecule has 1 aromatic rings. The number of hydrogen-bond donors (Lipinski definition) is 1. The number of ether oxygens (including phenoxy) is 1. The van der Waals surface area contributed by atoms with Crippen molar-refractivity contribution in [3.05, 3.63) is 29.8 Å². The normalized spacial score (nSPS) is 10.9. The standard InChI is InChI=1S/C18H28N2O/c1-15(2)14-20(16(3)4)11-12-21-18-9-5-7-17(13-18)8-6-10-19/h5,7,9,13,15-16H,10-12,14,19H2,1-4H3. The Kier molecular flexibility index (Phi) is 7.89. The molecule has 0 heterocycles. The molecule has 2 N–H and O–H groups in total. The number of nitrogens with two attached hydrogens (primary N) is 1. The molecule has 0 saturated heterocycles.